The molecular formula is C21H33IN4O3. The normalized spacial score (nSPS) is 17.2. The SMILES string of the molecule is CCNC(=NCCOc1ccc2c(c1)CCC(=O)N2)N1CCC(OCC)CC1.I. The molecule has 2 heterocycles. The summed E-state index contributed by atoms with van der Waals surface area (Å²) in [4.78, 5) is 18.5. The van der Waals surface area contributed by atoms with Gasteiger partial charge in [-0.25, -0.2) is 4.99 Å². The molecule has 0 aliphatic carbocycles. The van der Waals surface area contributed by atoms with Gasteiger partial charge in [-0.1, -0.05) is 0 Å². The van der Waals surface area contributed by atoms with Gasteiger partial charge in [0.25, 0.3) is 0 Å². The number of halogens is 1. The summed E-state index contributed by atoms with van der Waals surface area (Å²) in [5, 5.41) is 6.27. The zero-order chi connectivity index (χ0) is 19.8. The van der Waals surface area contributed by atoms with E-state index in [1.54, 1.807) is 0 Å². The number of hydrogen-bond donors (Lipinski definition) is 2. The minimum atomic E-state index is 0. The molecule has 7 nitrogen and oxygen atoms in total. The van der Waals surface area contributed by atoms with E-state index < -0.39 is 0 Å². The lowest BCUT2D eigenvalue weighted by Crippen LogP contribution is -2.47. The van der Waals surface area contributed by atoms with E-state index in [2.05, 4.69) is 29.4 Å². The molecule has 0 atom stereocenters. The lowest BCUT2D eigenvalue weighted by atomic mass is 10.0. The quantitative estimate of drug-likeness (QED) is 0.252. The van der Waals surface area contributed by atoms with E-state index in [9.17, 15) is 4.79 Å². The van der Waals surface area contributed by atoms with Crippen LogP contribution in [-0.4, -0.2) is 62.3 Å². The highest BCUT2D eigenvalue weighted by atomic mass is 127. The van der Waals surface area contributed by atoms with Crippen LogP contribution in [0, 0.1) is 0 Å². The smallest absolute Gasteiger partial charge is 0.224 e. The van der Waals surface area contributed by atoms with Crippen molar-refractivity contribution >= 4 is 41.5 Å². The van der Waals surface area contributed by atoms with Gasteiger partial charge in [0.15, 0.2) is 5.96 Å². The fourth-order valence-electron chi connectivity index (χ4n) is 3.66. The van der Waals surface area contributed by atoms with Crippen molar-refractivity contribution < 1.29 is 14.3 Å². The number of piperidine rings is 1. The van der Waals surface area contributed by atoms with E-state index in [1.165, 1.54) is 0 Å². The Morgan fingerprint density at radius 1 is 1.28 bits per heavy atom. The summed E-state index contributed by atoms with van der Waals surface area (Å²) in [5.41, 5.74) is 2.03. The molecule has 0 bridgehead atoms. The van der Waals surface area contributed by atoms with E-state index in [4.69, 9.17) is 14.5 Å². The van der Waals surface area contributed by atoms with Crippen molar-refractivity contribution in [3.8, 4) is 5.75 Å². The number of carbonyl (C=O) groups excluding carboxylic acids is 1. The van der Waals surface area contributed by atoms with Gasteiger partial charge in [-0.2, -0.15) is 0 Å². The molecule has 3 rings (SSSR count). The number of likely N-dealkylation sites (tertiary alicyclic amines) is 1. The van der Waals surface area contributed by atoms with Crippen LogP contribution in [0.15, 0.2) is 23.2 Å². The molecule has 0 aromatic heterocycles. The molecule has 162 valence electrons. The molecule has 2 N–H and O–H groups in total. The van der Waals surface area contributed by atoms with Gasteiger partial charge in [0, 0.05) is 38.3 Å². The molecule has 2 aliphatic rings. The van der Waals surface area contributed by atoms with Crippen LogP contribution in [0.1, 0.15) is 38.7 Å². The second-order valence-electron chi connectivity index (χ2n) is 7.09. The minimum absolute atomic E-state index is 0. The van der Waals surface area contributed by atoms with Gasteiger partial charge < -0.3 is 25.0 Å². The second-order valence-corrected chi connectivity index (χ2v) is 7.09. The summed E-state index contributed by atoms with van der Waals surface area (Å²) >= 11 is 0. The van der Waals surface area contributed by atoms with Gasteiger partial charge in [0.1, 0.15) is 12.4 Å². The average Bonchev–Trinajstić information content (AvgIpc) is 2.71. The van der Waals surface area contributed by atoms with Crippen LogP contribution < -0.4 is 15.4 Å². The van der Waals surface area contributed by atoms with Gasteiger partial charge in [0.2, 0.25) is 5.91 Å². The molecule has 0 radical (unpaired) electrons. The summed E-state index contributed by atoms with van der Waals surface area (Å²) in [5.74, 6) is 1.86. The molecule has 1 aromatic rings. The van der Waals surface area contributed by atoms with Crippen LogP contribution in [0.3, 0.4) is 0 Å². The predicted octanol–water partition coefficient (Wildman–Crippen LogP) is 3.03. The van der Waals surface area contributed by atoms with E-state index in [1.807, 2.05) is 18.2 Å². The van der Waals surface area contributed by atoms with Gasteiger partial charge in [-0.15, -0.1) is 24.0 Å². The van der Waals surface area contributed by atoms with E-state index >= 15 is 0 Å². The average molecular weight is 516 g/mol. The van der Waals surface area contributed by atoms with Crippen LogP contribution in [0.4, 0.5) is 5.69 Å². The summed E-state index contributed by atoms with van der Waals surface area (Å²) in [6.07, 6.45) is 3.76. The molecule has 1 fully saturated rings. The number of nitrogens with zero attached hydrogens (tertiary/aromatic N) is 2. The Balaban J connectivity index is 0.00000300. The van der Waals surface area contributed by atoms with Gasteiger partial charge in [-0.05, 0) is 56.9 Å². The highest BCUT2D eigenvalue weighted by molar-refractivity contribution is 14.0. The van der Waals surface area contributed by atoms with E-state index in [0.29, 0.717) is 25.7 Å². The third-order valence-electron chi connectivity index (χ3n) is 5.07. The Labute approximate surface area is 190 Å². The Kier molecular flexibility index (Phi) is 9.99. The Hall–Kier alpha value is -1.55. The number of aliphatic imine (C=N–C) groups is 1. The molecule has 0 saturated carbocycles. The molecule has 2 aliphatic heterocycles. The summed E-state index contributed by atoms with van der Waals surface area (Å²) in [7, 11) is 0. The number of aryl methyl sites for hydroxylation is 1. The van der Waals surface area contributed by atoms with Crippen LogP contribution in [-0.2, 0) is 16.0 Å². The number of carbonyl (C=O) groups is 1. The number of ether oxygens (including phenoxy) is 2. The van der Waals surface area contributed by atoms with Crippen LogP contribution in [0.5, 0.6) is 5.75 Å². The van der Waals surface area contributed by atoms with Gasteiger partial charge >= 0.3 is 0 Å². The largest absolute Gasteiger partial charge is 0.492 e. The van der Waals surface area contributed by atoms with Crippen LogP contribution in [0.25, 0.3) is 0 Å². The van der Waals surface area contributed by atoms with Crippen molar-refractivity contribution in [2.45, 2.75) is 45.6 Å². The molecule has 1 amide bonds. The fraction of sp³-hybridized carbons (Fsp3) is 0.619. The Bertz CT molecular complexity index is 691. The van der Waals surface area contributed by atoms with Crippen molar-refractivity contribution in [3.05, 3.63) is 23.8 Å². The number of rotatable bonds is 7. The molecular weight excluding hydrogens is 483 g/mol. The summed E-state index contributed by atoms with van der Waals surface area (Å²) in [6, 6.07) is 5.83. The van der Waals surface area contributed by atoms with Gasteiger partial charge in [-0.3, -0.25) is 4.79 Å². The second kappa shape index (κ2) is 12.2. The zero-order valence-electron chi connectivity index (χ0n) is 17.4. The number of fused-ring (bicyclic) bond motifs is 1. The molecule has 0 unspecified atom stereocenters. The third kappa shape index (κ3) is 7.02. The number of guanidine groups is 1. The maximum atomic E-state index is 11.4. The number of nitrogens with one attached hydrogen (secondary N) is 2. The Morgan fingerprint density at radius 3 is 2.79 bits per heavy atom. The van der Waals surface area contributed by atoms with Crippen molar-refractivity contribution in [2.24, 2.45) is 4.99 Å². The van der Waals surface area contributed by atoms with Crippen molar-refractivity contribution in [2.75, 3.05) is 44.7 Å². The van der Waals surface area contributed by atoms with Crippen molar-refractivity contribution in [1.82, 2.24) is 10.2 Å². The molecule has 1 saturated heterocycles. The van der Waals surface area contributed by atoms with Crippen LogP contribution in [0.2, 0.25) is 0 Å². The number of anilines is 1. The first-order valence-electron chi connectivity index (χ1n) is 10.4. The van der Waals surface area contributed by atoms with Crippen molar-refractivity contribution in [1.29, 1.82) is 0 Å². The first kappa shape index (κ1) is 23.7. The van der Waals surface area contributed by atoms with Gasteiger partial charge in [0.05, 0.1) is 12.6 Å². The highest BCUT2D eigenvalue weighted by Crippen LogP contribution is 2.26. The van der Waals surface area contributed by atoms with E-state index in [0.717, 1.165) is 68.5 Å². The number of amides is 1. The summed E-state index contributed by atoms with van der Waals surface area (Å²) < 4.78 is 11.6. The first-order chi connectivity index (χ1) is 13.7. The maximum Gasteiger partial charge on any atom is 0.224 e. The molecule has 8 heteroatoms. The maximum absolute atomic E-state index is 11.4. The zero-order valence-corrected chi connectivity index (χ0v) is 19.7. The number of benzene rings is 1. The predicted molar refractivity (Wildman–Crippen MR) is 127 cm³/mol. The molecule has 29 heavy (non-hydrogen) atoms. The summed E-state index contributed by atoms with van der Waals surface area (Å²) in [6.45, 7) is 8.83. The Morgan fingerprint density at radius 2 is 2.07 bits per heavy atom. The molecule has 0 spiro atoms. The number of hydrogen-bond acceptors (Lipinski definition) is 4. The fourth-order valence-corrected chi connectivity index (χ4v) is 3.66. The first-order valence-corrected chi connectivity index (χ1v) is 10.4. The highest BCUT2D eigenvalue weighted by Gasteiger charge is 2.21. The van der Waals surface area contributed by atoms with Crippen molar-refractivity contribution in [3.63, 3.8) is 0 Å². The third-order valence-corrected chi connectivity index (χ3v) is 5.07. The lowest BCUT2D eigenvalue weighted by molar-refractivity contribution is -0.116. The monoisotopic (exact) mass is 516 g/mol. The lowest BCUT2D eigenvalue weighted by Gasteiger charge is -2.34. The minimum Gasteiger partial charge on any atom is -0.492 e. The standard InChI is InChI=1S/C21H32N4O3.HI/c1-3-22-21(25-12-9-17(10-13-25)27-4-2)23-11-14-28-18-6-7-19-16(15-18)5-8-20(26)24-19;/h6-7,15,17H,3-5,8-14H2,1-2H3,(H,22,23)(H,24,26);1H. The van der Waals surface area contributed by atoms with E-state index in [-0.39, 0.29) is 29.9 Å². The molecule has 1 aromatic carbocycles. The van der Waals surface area contributed by atoms with Crippen LogP contribution >= 0.6 is 24.0 Å². The topological polar surface area (TPSA) is 75.2 Å².